The molecule has 0 bridgehead atoms. The van der Waals surface area contributed by atoms with Crippen molar-refractivity contribution in [3.8, 4) is 5.75 Å². The van der Waals surface area contributed by atoms with Gasteiger partial charge in [-0.25, -0.2) is 4.79 Å². The van der Waals surface area contributed by atoms with Crippen LogP contribution in [0.3, 0.4) is 0 Å². The van der Waals surface area contributed by atoms with Gasteiger partial charge in [0.05, 0.1) is 6.61 Å². The highest BCUT2D eigenvalue weighted by Gasteiger charge is 2.14. The van der Waals surface area contributed by atoms with E-state index in [4.69, 9.17) is 15.2 Å². The van der Waals surface area contributed by atoms with Gasteiger partial charge in [0.15, 0.2) is 0 Å². The number of anilines is 1. The van der Waals surface area contributed by atoms with Gasteiger partial charge < -0.3 is 15.2 Å². The van der Waals surface area contributed by atoms with E-state index < -0.39 is 5.97 Å². The average molecular weight is 397 g/mol. The Bertz CT molecular complexity index is 626. The van der Waals surface area contributed by atoms with Crippen molar-refractivity contribution in [2.24, 2.45) is 0 Å². The molecule has 0 atom stereocenters. The second-order valence-electron chi connectivity index (χ2n) is 4.39. The topological polar surface area (TPSA) is 61.5 Å². The fourth-order valence-corrected chi connectivity index (χ4v) is 2.14. The summed E-state index contributed by atoms with van der Waals surface area (Å²) >= 11 is 2.25. The third-order valence-electron chi connectivity index (χ3n) is 2.81. The van der Waals surface area contributed by atoms with Gasteiger partial charge in [0.25, 0.3) is 0 Å². The normalized spacial score (nSPS) is 10.2. The van der Waals surface area contributed by atoms with E-state index in [0.717, 1.165) is 9.13 Å². The summed E-state index contributed by atoms with van der Waals surface area (Å²) in [5, 5.41) is 0. The molecule has 2 N–H and O–H groups in total. The summed E-state index contributed by atoms with van der Waals surface area (Å²) < 4.78 is 11.9. The standard InChI is InChI=1S/C16H16INO3/c1-2-20-16(19)14-8-7-13(18)9-15(14)21-10-11-3-5-12(17)6-4-11/h3-9H,2,10,18H2,1H3. The zero-order valence-corrected chi connectivity index (χ0v) is 13.8. The van der Waals surface area contributed by atoms with Gasteiger partial charge in [-0.2, -0.15) is 0 Å². The molecule has 0 radical (unpaired) electrons. The zero-order valence-electron chi connectivity index (χ0n) is 11.6. The van der Waals surface area contributed by atoms with E-state index >= 15 is 0 Å². The van der Waals surface area contributed by atoms with Gasteiger partial charge in [0.2, 0.25) is 0 Å². The summed E-state index contributed by atoms with van der Waals surface area (Å²) in [5.41, 5.74) is 7.71. The first-order chi connectivity index (χ1) is 10.1. The Hall–Kier alpha value is -1.76. The van der Waals surface area contributed by atoms with Gasteiger partial charge in [-0.1, -0.05) is 12.1 Å². The molecule has 0 spiro atoms. The number of carbonyl (C=O) groups excluding carboxylic acids is 1. The third kappa shape index (κ3) is 4.35. The minimum atomic E-state index is -0.407. The van der Waals surface area contributed by atoms with Crippen LogP contribution < -0.4 is 10.5 Å². The van der Waals surface area contributed by atoms with Crippen molar-refractivity contribution in [3.05, 3.63) is 57.2 Å². The fraction of sp³-hybridized carbons (Fsp3) is 0.188. The molecule has 2 aromatic carbocycles. The average Bonchev–Trinajstić information content (AvgIpc) is 2.47. The SMILES string of the molecule is CCOC(=O)c1ccc(N)cc1OCc1ccc(I)cc1. The number of nitrogen functional groups attached to an aromatic ring is 1. The van der Waals surface area contributed by atoms with Gasteiger partial charge in [0, 0.05) is 15.3 Å². The van der Waals surface area contributed by atoms with Crippen molar-refractivity contribution in [2.75, 3.05) is 12.3 Å². The number of halogens is 1. The molecule has 4 nitrogen and oxygen atoms in total. The smallest absolute Gasteiger partial charge is 0.341 e. The molecule has 0 aliphatic heterocycles. The van der Waals surface area contributed by atoms with E-state index in [1.807, 2.05) is 24.3 Å². The molecule has 0 heterocycles. The number of hydrogen-bond acceptors (Lipinski definition) is 4. The van der Waals surface area contributed by atoms with Gasteiger partial charge >= 0.3 is 5.97 Å². The zero-order chi connectivity index (χ0) is 15.2. The molecule has 2 aromatic rings. The van der Waals surface area contributed by atoms with Gasteiger partial charge in [-0.3, -0.25) is 0 Å². The summed E-state index contributed by atoms with van der Waals surface area (Å²) in [6, 6.07) is 12.9. The van der Waals surface area contributed by atoms with Crippen LogP contribution in [-0.2, 0) is 11.3 Å². The second-order valence-corrected chi connectivity index (χ2v) is 5.64. The lowest BCUT2D eigenvalue weighted by Crippen LogP contribution is -2.08. The van der Waals surface area contributed by atoms with E-state index in [2.05, 4.69) is 22.6 Å². The number of hydrogen-bond donors (Lipinski definition) is 1. The Morgan fingerprint density at radius 3 is 2.57 bits per heavy atom. The maximum Gasteiger partial charge on any atom is 0.341 e. The predicted molar refractivity (Wildman–Crippen MR) is 90.3 cm³/mol. The first-order valence-electron chi connectivity index (χ1n) is 6.54. The number of rotatable bonds is 5. The van der Waals surface area contributed by atoms with Gasteiger partial charge in [0.1, 0.15) is 17.9 Å². The molecule has 110 valence electrons. The summed E-state index contributed by atoms with van der Waals surface area (Å²) in [4.78, 5) is 11.9. The van der Waals surface area contributed by atoms with Crippen molar-refractivity contribution in [1.29, 1.82) is 0 Å². The van der Waals surface area contributed by atoms with Crippen molar-refractivity contribution < 1.29 is 14.3 Å². The lowest BCUT2D eigenvalue weighted by molar-refractivity contribution is 0.0521. The molecule has 21 heavy (non-hydrogen) atoms. The molecule has 0 aliphatic rings. The molecular weight excluding hydrogens is 381 g/mol. The molecule has 0 unspecified atom stereocenters. The first-order valence-corrected chi connectivity index (χ1v) is 7.62. The van der Waals surface area contributed by atoms with Crippen molar-refractivity contribution >= 4 is 34.2 Å². The van der Waals surface area contributed by atoms with Crippen LogP contribution in [0.25, 0.3) is 0 Å². The molecule has 0 aromatic heterocycles. The molecule has 0 aliphatic carbocycles. The van der Waals surface area contributed by atoms with E-state index in [9.17, 15) is 4.79 Å². The largest absolute Gasteiger partial charge is 0.488 e. The number of carbonyl (C=O) groups is 1. The number of benzene rings is 2. The summed E-state index contributed by atoms with van der Waals surface area (Å²) in [7, 11) is 0. The molecule has 2 rings (SSSR count). The van der Waals surface area contributed by atoms with Crippen molar-refractivity contribution in [2.45, 2.75) is 13.5 Å². The summed E-state index contributed by atoms with van der Waals surface area (Å²) in [5.74, 6) is 0.0297. The van der Waals surface area contributed by atoms with Crippen molar-refractivity contribution in [1.82, 2.24) is 0 Å². The number of nitrogens with two attached hydrogens (primary N) is 1. The number of ether oxygens (including phenoxy) is 2. The Morgan fingerprint density at radius 1 is 1.19 bits per heavy atom. The highest BCUT2D eigenvalue weighted by Crippen LogP contribution is 2.24. The Balaban J connectivity index is 2.16. The molecule has 0 amide bonds. The lowest BCUT2D eigenvalue weighted by Gasteiger charge is -2.12. The molecular formula is C16H16INO3. The maximum atomic E-state index is 11.9. The Kier molecular flexibility index (Phi) is 5.44. The Labute approximate surface area is 137 Å². The monoisotopic (exact) mass is 397 g/mol. The summed E-state index contributed by atoms with van der Waals surface area (Å²) in [6.45, 7) is 2.45. The van der Waals surface area contributed by atoms with Crippen LogP contribution in [-0.4, -0.2) is 12.6 Å². The van der Waals surface area contributed by atoms with E-state index in [-0.39, 0.29) is 0 Å². The van der Waals surface area contributed by atoms with Crippen LogP contribution in [0.15, 0.2) is 42.5 Å². The second kappa shape index (κ2) is 7.31. The molecule has 5 heteroatoms. The van der Waals surface area contributed by atoms with E-state index in [1.165, 1.54) is 0 Å². The third-order valence-corrected chi connectivity index (χ3v) is 3.53. The lowest BCUT2D eigenvalue weighted by atomic mass is 10.2. The minimum Gasteiger partial charge on any atom is -0.488 e. The van der Waals surface area contributed by atoms with Crippen LogP contribution in [0.2, 0.25) is 0 Å². The van der Waals surface area contributed by atoms with Gasteiger partial charge in [-0.05, 0) is 59.3 Å². The first kappa shape index (κ1) is 15.6. The Morgan fingerprint density at radius 2 is 1.90 bits per heavy atom. The highest BCUT2D eigenvalue weighted by atomic mass is 127. The van der Waals surface area contributed by atoms with Gasteiger partial charge in [-0.15, -0.1) is 0 Å². The maximum absolute atomic E-state index is 11.9. The number of esters is 1. The van der Waals surface area contributed by atoms with E-state index in [0.29, 0.717) is 30.2 Å². The van der Waals surface area contributed by atoms with Crippen LogP contribution in [0.1, 0.15) is 22.8 Å². The predicted octanol–water partition coefficient (Wildman–Crippen LogP) is 3.63. The molecule has 0 saturated heterocycles. The fourth-order valence-electron chi connectivity index (χ4n) is 1.78. The van der Waals surface area contributed by atoms with Crippen LogP contribution in [0, 0.1) is 3.57 Å². The van der Waals surface area contributed by atoms with Crippen LogP contribution in [0.4, 0.5) is 5.69 Å². The van der Waals surface area contributed by atoms with Crippen LogP contribution >= 0.6 is 22.6 Å². The molecule has 0 fully saturated rings. The van der Waals surface area contributed by atoms with Crippen molar-refractivity contribution in [3.63, 3.8) is 0 Å². The van der Waals surface area contributed by atoms with Crippen LogP contribution in [0.5, 0.6) is 5.75 Å². The minimum absolute atomic E-state index is 0.319. The quantitative estimate of drug-likeness (QED) is 0.476. The molecule has 0 saturated carbocycles. The highest BCUT2D eigenvalue weighted by molar-refractivity contribution is 14.1. The summed E-state index contributed by atoms with van der Waals surface area (Å²) in [6.07, 6.45) is 0. The van der Waals surface area contributed by atoms with E-state index in [1.54, 1.807) is 25.1 Å².